The van der Waals surface area contributed by atoms with Gasteiger partial charge in [0.1, 0.15) is 5.60 Å². The number of anilines is 1. The molecule has 1 aromatic carbocycles. The number of nitrogens with one attached hydrogen (secondary N) is 2. The van der Waals surface area contributed by atoms with Crippen LogP contribution in [-0.2, 0) is 4.74 Å². The van der Waals surface area contributed by atoms with Crippen molar-refractivity contribution in [2.75, 3.05) is 18.8 Å². The van der Waals surface area contributed by atoms with Crippen molar-refractivity contribution in [3.8, 4) is 0 Å². The van der Waals surface area contributed by atoms with Crippen molar-refractivity contribution < 1.29 is 14.3 Å². The topological polar surface area (TPSA) is 93.5 Å². The third-order valence-electron chi connectivity index (χ3n) is 2.84. The molecule has 0 aliphatic carbocycles. The fourth-order valence-electron chi connectivity index (χ4n) is 1.71. The predicted octanol–water partition coefficient (Wildman–Crippen LogP) is 2.22. The predicted molar refractivity (Wildman–Crippen MR) is 86.8 cm³/mol. The Morgan fingerprint density at radius 1 is 1.18 bits per heavy atom. The molecule has 0 unspecified atom stereocenters. The van der Waals surface area contributed by atoms with Gasteiger partial charge < -0.3 is 21.1 Å². The molecule has 4 N–H and O–H groups in total. The third kappa shape index (κ3) is 6.47. The molecular weight excluding hydrogens is 282 g/mol. The first-order valence-electron chi connectivity index (χ1n) is 7.30. The minimum Gasteiger partial charge on any atom is -0.444 e. The first-order valence-corrected chi connectivity index (χ1v) is 7.30. The zero-order chi connectivity index (χ0) is 16.8. The largest absolute Gasteiger partial charge is 0.444 e. The number of hydrogen-bond donors (Lipinski definition) is 3. The van der Waals surface area contributed by atoms with E-state index in [1.807, 2.05) is 6.92 Å². The Labute approximate surface area is 131 Å². The Balaban J connectivity index is 2.25. The van der Waals surface area contributed by atoms with E-state index >= 15 is 0 Å². The maximum Gasteiger partial charge on any atom is 0.407 e. The number of carbonyl (C=O) groups is 2. The van der Waals surface area contributed by atoms with Crippen LogP contribution in [0.4, 0.5) is 10.5 Å². The van der Waals surface area contributed by atoms with Crippen LogP contribution in [0.25, 0.3) is 0 Å². The maximum absolute atomic E-state index is 11.9. The van der Waals surface area contributed by atoms with E-state index in [0.717, 1.165) is 5.56 Å². The molecule has 0 saturated carbocycles. The van der Waals surface area contributed by atoms with E-state index in [2.05, 4.69) is 10.6 Å². The van der Waals surface area contributed by atoms with Crippen LogP contribution in [-0.4, -0.2) is 30.7 Å². The second-order valence-electron chi connectivity index (χ2n) is 6.11. The highest BCUT2D eigenvalue weighted by molar-refractivity contribution is 5.94. The molecule has 122 valence electrons. The number of rotatable bonds is 5. The molecule has 0 radical (unpaired) electrons. The Kier molecular flexibility index (Phi) is 6.22. The highest BCUT2D eigenvalue weighted by Crippen LogP contribution is 2.12. The number of carbonyl (C=O) groups excluding carboxylic acids is 2. The molecule has 0 saturated heterocycles. The van der Waals surface area contributed by atoms with Gasteiger partial charge in [-0.1, -0.05) is 0 Å². The Morgan fingerprint density at radius 2 is 1.82 bits per heavy atom. The lowest BCUT2D eigenvalue weighted by Gasteiger charge is -2.19. The molecule has 0 spiro atoms. The average Bonchev–Trinajstić information content (AvgIpc) is 2.39. The molecule has 6 nitrogen and oxygen atoms in total. The molecule has 0 aliphatic rings. The number of nitrogen functional groups attached to an aromatic ring is 1. The van der Waals surface area contributed by atoms with Gasteiger partial charge in [-0.05, 0) is 57.9 Å². The van der Waals surface area contributed by atoms with E-state index in [0.29, 0.717) is 30.8 Å². The van der Waals surface area contributed by atoms with Crippen LogP contribution in [0.15, 0.2) is 18.2 Å². The maximum atomic E-state index is 11.9. The van der Waals surface area contributed by atoms with Gasteiger partial charge in [-0.2, -0.15) is 0 Å². The summed E-state index contributed by atoms with van der Waals surface area (Å²) < 4.78 is 5.11. The van der Waals surface area contributed by atoms with Crippen LogP contribution >= 0.6 is 0 Å². The smallest absolute Gasteiger partial charge is 0.407 e. The molecule has 0 fully saturated rings. The molecule has 0 heterocycles. The number of aryl methyl sites for hydroxylation is 1. The molecule has 0 aromatic heterocycles. The van der Waals surface area contributed by atoms with Crippen molar-refractivity contribution in [2.24, 2.45) is 0 Å². The van der Waals surface area contributed by atoms with Crippen LogP contribution in [0.2, 0.25) is 0 Å². The first kappa shape index (κ1) is 17.8. The van der Waals surface area contributed by atoms with Gasteiger partial charge in [0.2, 0.25) is 0 Å². The van der Waals surface area contributed by atoms with Crippen LogP contribution in [0.5, 0.6) is 0 Å². The van der Waals surface area contributed by atoms with Gasteiger partial charge in [-0.15, -0.1) is 0 Å². The lowest BCUT2D eigenvalue weighted by molar-refractivity contribution is 0.0527. The van der Waals surface area contributed by atoms with E-state index in [-0.39, 0.29) is 5.91 Å². The highest BCUT2D eigenvalue weighted by atomic mass is 16.6. The summed E-state index contributed by atoms with van der Waals surface area (Å²) in [7, 11) is 0. The Hall–Kier alpha value is -2.24. The summed E-state index contributed by atoms with van der Waals surface area (Å²) >= 11 is 0. The SMILES string of the molecule is Cc1cc(C(=O)NCCCNC(=O)OC(C)(C)C)ccc1N. The standard InChI is InChI=1S/C16H25N3O3/c1-11-10-12(6-7-13(11)17)14(20)18-8-5-9-19-15(21)22-16(2,3)4/h6-7,10H,5,8-9,17H2,1-4H3,(H,18,20)(H,19,21). The number of amides is 2. The number of nitrogens with two attached hydrogens (primary N) is 1. The molecular formula is C16H25N3O3. The number of ether oxygens (including phenoxy) is 1. The van der Waals surface area contributed by atoms with Crippen LogP contribution in [0, 0.1) is 6.92 Å². The lowest BCUT2D eigenvalue weighted by Crippen LogP contribution is -2.34. The van der Waals surface area contributed by atoms with Crippen molar-refractivity contribution in [1.82, 2.24) is 10.6 Å². The summed E-state index contributed by atoms with van der Waals surface area (Å²) in [5, 5.41) is 5.44. The highest BCUT2D eigenvalue weighted by Gasteiger charge is 2.15. The summed E-state index contributed by atoms with van der Waals surface area (Å²) in [5.41, 5.74) is 7.32. The van der Waals surface area contributed by atoms with Crippen LogP contribution in [0.3, 0.4) is 0 Å². The van der Waals surface area contributed by atoms with Crippen LogP contribution < -0.4 is 16.4 Å². The van der Waals surface area contributed by atoms with E-state index in [9.17, 15) is 9.59 Å². The van der Waals surface area contributed by atoms with Crippen molar-refractivity contribution in [1.29, 1.82) is 0 Å². The van der Waals surface area contributed by atoms with Crippen molar-refractivity contribution in [3.63, 3.8) is 0 Å². The quantitative estimate of drug-likeness (QED) is 0.574. The Morgan fingerprint density at radius 3 is 2.41 bits per heavy atom. The van der Waals surface area contributed by atoms with E-state index < -0.39 is 11.7 Å². The van der Waals surface area contributed by atoms with Gasteiger partial charge in [0.25, 0.3) is 5.91 Å². The zero-order valence-corrected chi connectivity index (χ0v) is 13.7. The van der Waals surface area contributed by atoms with Gasteiger partial charge in [0.05, 0.1) is 0 Å². The molecule has 2 amide bonds. The molecule has 0 aliphatic heterocycles. The van der Waals surface area contributed by atoms with E-state index in [4.69, 9.17) is 10.5 Å². The lowest BCUT2D eigenvalue weighted by atomic mass is 10.1. The first-order chi connectivity index (χ1) is 10.2. The van der Waals surface area contributed by atoms with Gasteiger partial charge in [-0.3, -0.25) is 4.79 Å². The van der Waals surface area contributed by atoms with Gasteiger partial charge in [0, 0.05) is 24.3 Å². The molecule has 1 aromatic rings. The van der Waals surface area contributed by atoms with Crippen molar-refractivity contribution >= 4 is 17.7 Å². The molecule has 0 atom stereocenters. The zero-order valence-electron chi connectivity index (χ0n) is 13.7. The van der Waals surface area contributed by atoms with Crippen molar-refractivity contribution in [2.45, 2.75) is 39.7 Å². The summed E-state index contributed by atoms with van der Waals surface area (Å²) in [6, 6.07) is 5.16. The fraction of sp³-hybridized carbons (Fsp3) is 0.500. The molecule has 0 bridgehead atoms. The van der Waals surface area contributed by atoms with Crippen LogP contribution in [0.1, 0.15) is 43.1 Å². The number of benzene rings is 1. The summed E-state index contributed by atoms with van der Waals surface area (Å²) in [4.78, 5) is 23.3. The Bertz CT molecular complexity index is 536. The molecule has 22 heavy (non-hydrogen) atoms. The second kappa shape index (κ2) is 7.68. The minimum absolute atomic E-state index is 0.152. The minimum atomic E-state index is -0.509. The second-order valence-corrected chi connectivity index (χ2v) is 6.11. The monoisotopic (exact) mass is 307 g/mol. The van der Waals surface area contributed by atoms with Gasteiger partial charge in [0.15, 0.2) is 0 Å². The average molecular weight is 307 g/mol. The number of hydrogen-bond acceptors (Lipinski definition) is 4. The summed E-state index contributed by atoms with van der Waals surface area (Å²) in [5.74, 6) is -0.152. The fourth-order valence-corrected chi connectivity index (χ4v) is 1.71. The van der Waals surface area contributed by atoms with Gasteiger partial charge >= 0.3 is 6.09 Å². The molecule has 1 rings (SSSR count). The van der Waals surface area contributed by atoms with E-state index in [1.165, 1.54) is 0 Å². The molecule has 6 heteroatoms. The van der Waals surface area contributed by atoms with Crippen molar-refractivity contribution in [3.05, 3.63) is 29.3 Å². The summed E-state index contributed by atoms with van der Waals surface area (Å²) in [6.07, 6.45) is 0.173. The van der Waals surface area contributed by atoms with Gasteiger partial charge in [-0.25, -0.2) is 4.79 Å². The summed E-state index contributed by atoms with van der Waals surface area (Å²) in [6.45, 7) is 8.19. The number of alkyl carbamates (subject to hydrolysis) is 1. The normalized spacial score (nSPS) is 10.9. The third-order valence-corrected chi connectivity index (χ3v) is 2.84. The van der Waals surface area contributed by atoms with E-state index in [1.54, 1.807) is 39.0 Å².